The van der Waals surface area contributed by atoms with E-state index in [4.69, 9.17) is 0 Å². The Bertz CT molecular complexity index is 475. The van der Waals surface area contributed by atoms with Gasteiger partial charge in [0.2, 0.25) is 0 Å². The summed E-state index contributed by atoms with van der Waals surface area (Å²) in [5.74, 6) is 0.780. The average Bonchev–Trinajstić information content (AvgIpc) is 3.01. The average molecular weight is 271 g/mol. The van der Waals surface area contributed by atoms with Gasteiger partial charge in [-0.05, 0) is 66.7 Å². The van der Waals surface area contributed by atoms with Crippen LogP contribution in [0.15, 0.2) is 18.2 Å². The van der Waals surface area contributed by atoms with Crippen molar-refractivity contribution in [2.75, 3.05) is 6.54 Å². The summed E-state index contributed by atoms with van der Waals surface area (Å²) < 4.78 is 0. The van der Waals surface area contributed by atoms with Crippen LogP contribution in [-0.4, -0.2) is 6.54 Å². The van der Waals surface area contributed by atoms with Crippen molar-refractivity contribution in [3.8, 4) is 0 Å². The van der Waals surface area contributed by atoms with Gasteiger partial charge in [-0.15, -0.1) is 0 Å². The first-order chi connectivity index (χ1) is 9.62. The Morgan fingerprint density at radius 2 is 2.00 bits per heavy atom. The van der Waals surface area contributed by atoms with Gasteiger partial charge in [0.05, 0.1) is 0 Å². The topological polar surface area (TPSA) is 12.0 Å². The second kappa shape index (κ2) is 5.52. The maximum Gasteiger partial charge on any atom is 0.0353 e. The normalized spacial score (nSPS) is 25.6. The Hall–Kier alpha value is -0.820. The molecular weight excluding hydrogens is 242 g/mol. The highest BCUT2D eigenvalue weighted by atomic mass is 14.9. The SMILES string of the molecule is CCNC(c1ccc2c(c1)CCC2)C1CCCC1(C)C. The largest absolute Gasteiger partial charge is 0.310 e. The fourth-order valence-electron chi connectivity index (χ4n) is 4.47. The molecule has 0 spiro atoms. The highest BCUT2D eigenvalue weighted by molar-refractivity contribution is 5.37. The summed E-state index contributed by atoms with van der Waals surface area (Å²) in [6, 6.07) is 7.84. The van der Waals surface area contributed by atoms with Crippen molar-refractivity contribution in [2.45, 2.75) is 65.3 Å². The van der Waals surface area contributed by atoms with E-state index >= 15 is 0 Å². The van der Waals surface area contributed by atoms with Crippen molar-refractivity contribution in [1.82, 2.24) is 5.32 Å². The van der Waals surface area contributed by atoms with Crippen LogP contribution in [0, 0.1) is 11.3 Å². The third kappa shape index (κ3) is 2.53. The molecule has 0 amide bonds. The molecule has 20 heavy (non-hydrogen) atoms. The van der Waals surface area contributed by atoms with Crippen molar-refractivity contribution in [2.24, 2.45) is 11.3 Å². The summed E-state index contributed by atoms with van der Waals surface area (Å²) in [4.78, 5) is 0. The van der Waals surface area contributed by atoms with Gasteiger partial charge in [-0.25, -0.2) is 0 Å². The van der Waals surface area contributed by atoms with Gasteiger partial charge in [0.25, 0.3) is 0 Å². The van der Waals surface area contributed by atoms with Gasteiger partial charge in [-0.1, -0.05) is 45.4 Å². The zero-order valence-corrected chi connectivity index (χ0v) is 13.3. The van der Waals surface area contributed by atoms with Crippen LogP contribution in [0.3, 0.4) is 0 Å². The third-order valence-electron chi connectivity index (χ3n) is 5.65. The number of rotatable bonds is 4. The van der Waals surface area contributed by atoms with Gasteiger partial charge in [0.1, 0.15) is 0 Å². The highest BCUT2D eigenvalue weighted by Crippen LogP contribution is 2.48. The van der Waals surface area contributed by atoms with Crippen LogP contribution < -0.4 is 5.32 Å². The summed E-state index contributed by atoms with van der Waals surface area (Å²) in [5, 5.41) is 3.79. The quantitative estimate of drug-likeness (QED) is 0.840. The number of aryl methyl sites for hydroxylation is 2. The number of benzene rings is 1. The molecule has 2 aliphatic rings. The summed E-state index contributed by atoms with van der Waals surface area (Å²) in [7, 11) is 0. The zero-order chi connectivity index (χ0) is 14.2. The molecule has 1 aromatic carbocycles. The Morgan fingerprint density at radius 1 is 1.20 bits per heavy atom. The van der Waals surface area contributed by atoms with E-state index in [0.717, 1.165) is 12.5 Å². The maximum atomic E-state index is 3.79. The first-order valence-corrected chi connectivity index (χ1v) is 8.47. The molecule has 2 aliphatic carbocycles. The Morgan fingerprint density at radius 3 is 2.70 bits per heavy atom. The molecule has 0 radical (unpaired) electrons. The molecule has 110 valence electrons. The molecule has 0 saturated heterocycles. The Labute approximate surface area is 124 Å². The molecule has 1 heteroatoms. The molecular formula is C19H29N. The van der Waals surface area contributed by atoms with Gasteiger partial charge in [0, 0.05) is 6.04 Å². The van der Waals surface area contributed by atoms with Gasteiger partial charge in [-0.2, -0.15) is 0 Å². The van der Waals surface area contributed by atoms with E-state index < -0.39 is 0 Å². The molecule has 0 bridgehead atoms. The lowest BCUT2D eigenvalue weighted by atomic mass is 9.75. The lowest BCUT2D eigenvalue weighted by Gasteiger charge is -2.35. The predicted molar refractivity (Wildman–Crippen MR) is 86.0 cm³/mol. The van der Waals surface area contributed by atoms with E-state index in [1.54, 1.807) is 11.1 Å². The fraction of sp³-hybridized carbons (Fsp3) is 0.684. The summed E-state index contributed by atoms with van der Waals surface area (Å²) in [5.41, 5.74) is 5.22. The van der Waals surface area contributed by atoms with Gasteiger partial charge < -0.3 is 5.32 Å². The summed E-state index contributed by atoms with van der Waals surface area (Å²) >= 11 is 0. The van der Waals surface area contributed by atoms with Crippen LogP contribution in [0.5, 0.6) is 0 Å². The van der Waals surface area contributed by atoms with Crippen molar-refractivity contribution in [1.29, 1.82) is 0 Å². The summed E-state index contributed by atoms with van der Waals surface area (Å²) in [6.07, 6.45) is 8.07. The minimum absolute atomic E-state index is 0.478. The molecule has 2 unspecified atom stereocenters. The second-order valence-electron chi connectivity index (χ2n) is 7.40. The molecule has 1 saturated carbocycles. The highest BCUT2D eigenvalue weighted by Gasteiger charge is 2.39. The van der Waals surface area contributed by atoms with Crippen molar-refractivity contribution in [3.63, 3.8) is 0 Å². The lowest BCUT2D eigenvalue weighted by molar-refractivity contribution is 0.199. The number of hydrogen-bond donors (Lipinski definition) is 1. The molecule has 3 rings (SSSR count). The lowest BCUT2D eigenvalue weighted by Crippen LogP contribution is -2.34. The van der Waals surface area contributed by atoms with Crippen LogP contribution in [-0.2, 0) is 12.8 Å². The minimum atomic E-state index is 0.478. The smallest absolute Gasteiger partial charge is 0.0353 e. The molecule has 0 aromatic heterocycles. The number of hydrogen-bond acceptors (Lipinski definition) is 1. The van der Waals surface area contributed by atoms with Crippen LogP contribution in [0.1, 0.15) is 69.2 Å². The standard InChI is InChI=1S/C19H29N/c1-4-20-18(17-9-6-12-19(17,2)3)16-11-10-14-7-5-8-15(14)13-16/h10-11,13,17-18,20H,4-9,12H2,1-3H3. The molecule has 1 aromatic rings. The zero-order valence-electron chi connectivity index (χ0n) is 13.3. The van der Waals surface area contributed by atoms with E-state index in [1.807, 2.05) is 0 Å². The van der Waals surface area contributed by atoms with E-state index in [9.17, 15) is 0 Å². The molecule has 1 N–H and O–H groups in total. The molecule has 0 aliphatic heterocycles. The third-order valence-corrected chi connectivity index (χ3v) is 5.65. The van der Waals surface area contributed by atoms with Crippen LogP contribution in [0.4, 0.5) is 0 Å². The summed E-state index contributed by atoms with van der Waals surface area (Å²) in [6.45, 7) is 8.22. The van der Waals surface area contributed by atoms with Crippen molar-refractivity contribution < 1.29 is 0 Å². The van der Waals surface area contributed by atoms with Crippen LogP contribution in [0.2, 0.25) is 0 Å². The van der Waals surface area contributed by atoms with Crippen molar-refractivity contribution >= 4 is 0 Å². The molecule has 1 fully saturated rings. The van der Waals surface area contributed by atoms with E-state index in [0.29, 0.717) is 11.5 Å². The monoisotopic (exact) mass is 271 g/mol. The minimum Gasteiger partial charge on any atom is -0.310 e. The molecule has 1 nitrogen and oxygen atoms in total. The predicted octanol–water partition coefficient (Wildman–Crippen LogP) is 4.65. The Balaban J connectivity index is 1.90. The van der Waals surface area contributed by atoms with Gasteiger partial charge in [0.15, 0.2) is 0 Å². The second-order valence-corrected chi connectivity index (χ2v) is 7.40. The number of fused-ring (bicyclic) bond motifs is 1. The first kappa shape index (κ1) is 14.1. The van der Waals surface area contributed by atoms with Crippen LogP contribution in [0.25, 0.3) is 0 Å². The van der Waals surface area contributed by atoms with E-state index in [-0.39, 0.29) is 0 Å². The van der Waals surface area contributed by atoms with Gasteiger partial charge in [-0.3, -0.25) is 0 Å². The fourth-order valence-corrected chi connectivity index (χ4v) is 4.47. The first-order valence-electron chi connectivity index (χ1n) is 8.47. The van der Waals surface area contributed by atoms with Crippen LogP contribution >= 0.6 is 0 Å². The van der Waals surface area contributed by atoms with E-state index in [2.05, 4.69) is 44.3 Å². The number of nitrogens with one attached hydrogen (secondary N) is 1. The Kier molecular flexibility index (Phi) is 3.90. The van der Waals surface area contributed by atoms with Gasteiger partial charge >= 0.3 is 0 Å². The van der Waals surface area contributed by atoms with Crippen molar-refractivity contribution in [3.05, 3.63) is 34.9 Å². The molecule has 0 heterocycles. The van der Waals surface area contributed by atoms with E-state index in [1.165, 1.54) is 44.1 Å². The molecule has 2 atom stereocenters. The maximum absolute atomic E-state index is 3.79.